The first-order valence-electron chi connectivity index (χ1n) is 12.0. The zero-order valence-corrected chi connectivity index (χ0v) is 20.2. The molecule has 0 aromatic carbocycles. The van der Waals surface area contributed by atoms with Crippen molar-refractivity contribution in [3.63, 3.8) is 0 Å². The molecule has 0 N–H and O–H groups in total. The average Bonchev–Trinajstić information content (AvgIpc) is 3.11. The van der Waals surface area contributed by atoms with Gasteiger partial charge in [0.25, 0.3) is 5.91 Å². The Morgan fingerprint density at radius 3 is 2.85 bits per heavy atom. The van der Waals surface area contributed by atoms with E-state index in [0.717, 1.165) is 66.8 Å². The second-order valence-electron chi connectivity index (χ2n) is 9.11. The standard InChI is InChI=1S/C25H33FN4O2S/c1-18-27-16-22(33-18)14-24(31)28-15-20-4-2-19(3-5-20)8-11-30-12-9-21-6-7-25(32-17-26)29-23(21)10-13-30/h6-7,15-16,19-20H,2-5,8-14,17H2,1H3. The Bertz CT molecular complexity index is 956. The Labute approximate surface area is 199 Å². The van der Waals surface area contributed by atoms with Crippen LogP contribution in [0.1, 0.15) is 53.2 Å². The van der Waals surface area contributed by atoms with Crippen molar-refractivity contribution in [3.05, 3.63) is 39.5 Å². The number of hydrogen-bond donors (Lipinski definition) is 0. The molecule has 0 bridgehead atoms. The Morgan fingerprint density at radius 2 is 2.09 bits per heavy atom. The normalized spacial score (nSPS) is 21.6. The van der Waals surface area contributed by atoms with Crippen LogP contribution in [0.5, 0.6) is 5.88 Å². The molecule has 0 unspecified atom stereocenters. The highest BCUT2D eigenvalue weighted by Crippen LogP contribution is 2.30. The van der Waals surface area contributed by atoms with Crippen LogP contribution in [0.25, 0.3) is 0 Å². The summed E-state index contributed by atoms with van der Waals surface area (Å²) >= 11 is 1.56. The number of aliphatic imine (C=N–C) groups is 1. The fourth-order valence-corrected chi connectivity index (χ4v) is 5.62. The number of aromatic nitrogens is 2. The van der Waals surface area contributed by atoms with E-state index in [9.17, 15) is 9.18 Å². The zero-order chi connectivity index (χ0) is 23.0. The molecule has 178 valence electrons. The van der Waals surface area contributed by atoms with Crippen LogP contribution in [-0.4, -0.2) is 53.5 Å². The molecule has 0 spiro atoms. The third-order valence-corrected chi connectivity index (χ3v) is 7.69. The lowest BCUT2D eigenvalue weighted by Gasteiger charge is -2.28. The Balaban J connectivity index is 1.16. The molecule has 1 fully saturated rings. The summed E-state index contributed by atoms with van der Waals surface area (Å²) in [5, 5.41) is 0.985. The second kappa shape index (κ2) is 11.8. The maximum absolute atomic E-state index is 12.4. The number of ether oxygens (including phenoxy) is 1. The summed E-state index contributed by atoms with van der Waals surface area (Å²) in [5.41, 5.74) is 2.30. The third kappa shape index (κ3) is 7.14. The van der Waals surface area contributed by atoms with Crippen molar-refractivity contribution in [1.82, 2.24) is 14.9 Å². The molecule has 1 aliphatic carbocycles. The van der Waals surface area contributed by atoms with Gasteiger partial charge in [0.1, 0.15) is 0 Å². The number of aryl methyl sites for hydroxylation is 1. The summed E-state index contributed by atoms with van der Waals surface area (Å²) in [7, 11) is 0. The van der Waals surface area contributed by atoms with Gasteiger partial charge in [-0.1, -0.05) is 6.07 Å². The van der Waals surface area contributed by atoms with Gasteiger partial charge < -0.3 is 9.64 Å². The van der Waals surface area contributed by atoms with Crippen molar-refractivity contribution in [2.75, 3.05) is 26.5 Å². The first-order valence-corrected chi connectivity index (χ1v) is 12.8. The molecule has 0 atom stereocenters. The lowest BCUT2D eigenvalue weighted by Crippen LogP contribution is -2.29. The van der Waals surface area contributed by atoms with Crippen molar-refractivity contribution >= 4 is 23.5 Å². The van der Waals surface area contributed by atoms with Crippen LogP contribution in [0.3, 0.4) is 0 Å². The van der Waals surface area contributed by atoms with Crippen molar-refractivity contribution in [1.29, 1.82) is 0 Å². The highest BCUT2D eigenvalue weighted by molar-refractivity contribution is 7.11. The van der Waals surface area contributed by atoms with Crippen molar-refractivity contribution in [3.8, 4) is 5.88 Å². The quantitative estimate of drug-likeness (QED) is 0.526. The molecule has 3 heterocycles. The molecule has 1 saturated carbocycles. The molecular formula is C25H33FN4O2S. The molecule has 2 aliphatic rings. The first-order chi connectivity index (χ1) is 16.1. The van der Waals surface area contributed by atoms with Gasteiger partial charge in [0, 0.05) is 48.6 Å². The summed E-state index contributed by atoms with van der Waals surface area (Å²) in [4.78, 5) is 28.5. The second-order valence-corrected chi connectivity index (χ2v) is 10.4. The Kier molecular flexibility index (Phi) is 8.56. The molecular weight excluding hydrogens is 439 g/mol. The maximum Gasteiger partial charge on any atom is 0.250 e. The zero-order valence-electron chi connectivity index (χ0n) is 19.3. The molecule has 2 aromatic heterocycles. The number of thiazole rings is 1. The van der Waals surface area contributed by atoms with Gasteiger partial charge in [-0.15, -0.1) is 11.3 Å². The predicted octanol–water partition coefficient (Wildman–Crippen LogP) is 4.59. The van der Waals surface area contributed by atoms with E-state index in [4.69, 9.17) is 4.74 Å². The fourth-order valence-electron chi connectivity index (χ4n) is 4.83. The summed E-state index contributed by atoms with van der Waals surface area (Å²) < 4.78 is 17.3. The molecule has 1 aliphatic heterocycles. The van der Waals surface area contributed by atoms with Crippen LogP contribution >= 0.6 is 11.3 Å². The minimum Gasteiger partial charge on any atom is -0.446 e. The van der Waals surface area contributed by atoms with E-state index in [0.29, 0.717) is 18.2 Å². The van der Waals surface area contributed by atoms with Crippen LogP contribution in [-0.2, 0) is 24.1 Å². The smallest absolute Gasteiger partial charge is 0.250 e. The molecule has 8 heteroatoms. The summed E-state index contributed by atoms with van der Waals surface area (Å²) in [6.45, 7) is 4.25. The number of rotatable bonds is 8. The van der Waals surface area contributed by atoms with E-state index in [1.54, 1.807) is 23.6 Å². The minimum absolute atomic E-state index is 0.0687. The lowest BCUT2D eigenvalue weighted by atomic mass is 9.81. The molecule has 2 aromatic rings. The average molecular weight is 473 g/mol. The predicted molar refractivity (Wildman–Crippen MR) is 129 cm³/mol. The van der Waals surface area contributed by atoms with Gasteiger partial charge in [-0.05, 0) is 69.4 Å². The third-order valence-electron chi connectivity index (χ3n) is 6.78. The van der Waals surface area contributed by atoms with Gasteiger partial charge in [0.2, 0.25) is 12.7 Å². The van der Waals surface area contributed by atoms with Crippen molar-refractivity contribution in [2.45, 2.75) is 58.3 Å². The molecule has 33 heavy (non-hydrogen) atoms. The van der Waals surface area contributed by atoms with Gasteiger partial charge in [0.05, 0.1) is 11.4 Å². The largest absolute Gasteiger partial charge is 0.446 e. The van der Waals surface area contributed by atoms with Crippen molar-refractivity contribution < 1.29 is 13.9 Å². The molecule has 6 nitrogen and oxygen atoms in total. The number of hydrogen-bond acceptors (Lipinski definition) is 6. The van der Waals surface area contributed by atoms with Gasteiger partial charge in [0.15, 0.2) is 0 Å². The van der Waals surface area contributed by atoms with Gasteiger partial charge in [-0.3, -0.25) is 4.79 Å². The Morgan fingerprint density at radius 1 is 1.27 bits per heavy atom. The highest BCUT2D eigenvalue weighted by atomic mass is 32.1. The molecule has 0 radical (unpaired) electrons. The summed E-state index contributed by atoms with van der Waals surface area (Å²) in [5.74, 6) is 1.48. The number of halogens is 1. The van der Waals surface area contributed by atoms with E-state index >= 15 is 0 Å². The van der Waals surface area contributed by atoms with Crippen LogP contribution in [0.15, 0.2) is 23.3 Å². The fraction of sp³-hybridized carbons (Fsp3) is 0.600. The number of pyridine rings is 1. The Hall–Kier alpha value is -2.19. The SMILES string of the molecule is Cc1ncc(CC(=O)N=CC2CCC(CCN3CCc4ccc(OCF)nc4CC3)CC2)s1. The number of alkyl halides is 1. The molecule has 4 rings (SSSR count). The van der Waals surface area contributed by atoms with E-state index < -0.39 is 6.86 Å². The first kappa shape index (κ1) is 24.0. The monoisotopic (exact) mass is 472 g/mol. The topological polar surface area (TPSA) is 67.7 Å². The summed E-state index contributed by atoms with van der Waals surface area (Å²) in [6.07, 6.45) is 11.8. The van der Waals surface area contributed by atoms with Crippen LogP contribution < -0.4 is 4.74 Å². The molecule has 0 saturated heterocycles. The maximum atomic E-state index is 12.4. The van der Waals surface area contributed by atoms with E-state index in [1.807, 2.05) is 19.2 Å². The van der Waals surface area contributed by atoms with Crippen LogP contribution in [0.4, 0.5) is 4.39 Å². The van der Waals surface area contributed by atoms with Gasteiger partial charge in [-0.25, -0.2) is 19.4 Å². The van der Waals surface area contributed by atoms with E-state index in [1.165, 1.54) is 24.8 Å². The van der Waals surface area contributed by atoms with E-state index in [2.05, 4.69) is 19.9 Å². The lowest BCUT2D eigenvalue weighted by molar-refractivity contribution is -0.117. The minimum atomic E-state index is -0.838. The number of amides is 1. The van der Waals surface area contributed by atoms with Gasteiger partial charge >= 0.3 is 0 Å². The van der Waals surface area contributed by atoms with Crippen LogP contribution in [0, 0.1) is 18.8 Å². The van der Waals surface area contributed by atoms with Gasteiger partial charge in [-0.2, -0.15) is 0 Å². The van der Waals surface area contributed by atoms with Crippen LogP contribution in [0.2, 0.25) is 0 Å². The number of nitrogens with zero attached hydrogens (tertiary/aromatic N) is 4. The molecule has 1 amide bonds. The van der Waals surface area contributed by atoms with E-state index in [-0.39, 0.29) is 5.91 Å². The number of fused-ring (bicyclic) bond motifs is 1. The number of carbonyl (C=O) groups is 1. The highest BCUT2D eigenvalue weighted by Gasteiger charge is 2.22. The number of carbonyl (C=O) groups excluding carboxylic acids is 1. The summed E-state index contributed by atoms with van der Waals surface area (Å²) in [6, 6.07) is 3.80. The van der Waals surface area contributed by atoms with Crippen molar-refractivity contribution in [2.24, 2.45) is 16.8 Å².